The van der Waals surface area contributed by atoms with E-state index in [9.17, 15) is 4.79 Å². The van der Waals surface area contributed by atoms with E-state index in [1.165, 1.54) is 11.1 Å². The maximum Gasteiger partial charge on any atom is 0.326 e. The van der Waals surface area contributed by atoms with Gasteiger partial charge in [0, 0.05) is 12.7 Å². The van der Waals surface area contributed by atoms with Gasteiger partial charge in [-0.25, -0.2) is 4.79 Å². The first-order valence-electron chi connectivity index (χ1n) is 5.71. The smallest absolute Gasteiger partial charge is 0.326 e. The number of likely N-dealkylation sites (N-methyl/N-ethyl adjacent to an activating group) is 1. The fraction of sp³-hybridized carbons (Fsp3) is 0.462. The minimum atomic E-state index is -0.723. The third-order valence-corrected chi connectivity index (χ3v) is 3.38. The number of anilines is 1. The maximum absolute atomic E-state index is 11.1. The van der Waals surface area contributed by atoms with E-state index < -0.39 is 5.97 Å². The number of hydrogen-bond acceptors (Lipinski definition) is 2. The molecule has 16 heavy (non-hydrogen) atoms. The second-order valence-corrected chi connectivity index (χ2v) is 4.28. The molecule has 2 rings (SSSR count). The van der Waals surface area contributed by atoms with Crippen LogP contribution in [0.15, 0.2) is 18.2 Å². The lowest BCUT2D eigenvalue weighted by molar-refractivity contribution is -0.138. The van der Waals surface area contributed by atoms with E-state index in [1.54, 1.807) is 0 Å². The summed E-state index contributed by atoms with van der Waals surface area (Å²) in [5, 5.41) is 9.16. The number of nitrogens with zero attached hydrogens (tertiary/aromatic N) is 1. The van der Waals surface area contributed by atoms with Crippen LogP contribution in [0, 0.1) is 0 Å². The van der Waals surface area contributed by atoms with Crippen LogP contribution in [0.4, 0.5) is 5.69 Å². The van der Waals surface area contributed by atoms with Crippen molar-refractivity contribution in [1.29, 1.82) is 0 Å². The zero-order valence-electron chi connectivity index (χ0n) is 9.73. The van der Waals surface area contributed by atoms with Crippen molar-refractivity contribution < 1.29 is 9.90 Å². The van der Waals surface area contributed by atoms with Gasteiger partial charge in [0.05, 0.1) is 0 Å². The summed E-state index contributed by atoms with van der Waals surface area (Å²) in [5.74, 6) is -0.723. The predicted molar refractivity (Wildman–Crippen MR) is 64.0 cm³/mol. The molecule has 1 unspecified atom stereocenters. The highest BCUT2D eigenvalue weighted by atomic mass is 16.4. The van der Waals surface area contributed by atoms with Crippen molar-refractivity contribution in [2.75, 3.05) is 11.9 Å². The summed E-state index contributed by atoms with van der Waals surface area (Å²) in [6.45, 7) is 2.10. The highest BCUT2D eigenvalue weighted by Crippen LogP contribution is 2.33. The van der Waals surface area contributed by atoms with Crippen LogP contribution in [0.5, 0.6) is 0 Å². The molecule has 0 aliphatic carbocycles. The van der Waals surface area contributed by atoms with Crippen LogP contribution in [0.2, 0.25) is 0 Å². The lowest BCUT2D eigenvalue weighted by atomic mass is 9.93. The Morgan fingerprint density at radius 2 is 2.31 bits per heavy atom. The van der Waals surface area contributed by atoms with E-state index >= 15 is 0 Å². The van der Waals surface area contributed by atoms with Gasteiger partial charge >= 0.3 is 5.97 Å². The Balaban J connectivity index is 2.45. The first kappa shape index (κ1) is 11.0. The topological polar surface area (TPSA) is 40.5 Å². The molecule has 1 atom stereocenters. The Bertz CT molecular complexity index is 400. The maximum atomic E-state index is 11.1. The molecule has 1 aliphatic rings. The molecule has 1 N–H and O–H groups in total. The van der Waals surface area contributed by atoms with Crippen molar-refractivity contribution >= 4 is 11.7 Å². The van der Waals surface area contributed by atoms with E-state index in [1.807, 2.05) is 11.9 Å². The Kier molecular flexibility index (Phi) is 2.86. The molecule has 1 heterocycles. The summed E-state index contributed by atoms with van der Waals surface area (Å²) < 4.78 is 0. The van der Waals surface area contributed by atoms with Gasteiger partial charge < -0.3 is 10.0 Å². The molecule has 1 aromatic rings. The van der Waals surface area contributed by atoms with Gasteiger partial charge in [-0.15, -0.1) is 0 Å². The third-order valence-electron chi connectivity index (χ3n) is 3.38. The summed E-state index contributed by atoms with van der Waals surface area (Å²) in [6.07, 6.45) is 2.51. The molecule has 0 saturated carbocycles. The van der Waals surface area contributed by atoms with Gasteiger partial charge in [0.25, 0.3) is 0 Å². The summed E-state index contributed by atoms with van der Waals surface area (Å²) in [6, 6.07) is 5.87. The molecular weight excluding hydrogens is 202 g/mol. The lowest BCUT2D eigenvalue weighted by Crippen LogP contribution is -2.42. The van der Waals surface area contributed by atoms with Crippen molar-refractivity contribution in [2.45, 2.75) is 32.2 Å². The number of fused-ring (bicyclic) bond motifs is 1. The monoisotopic (exact) mass is 219 g/mol. The SMILES string of the molecule is CCc1cccc2c1N(C)C(C(=O)O)CC2. The molecule has 0 radical (unpaired) electrons. The predicted octanol–water partition coefficient (Wildman–Crippen LogP) is 2.08. The largest absolute Gasteiger partial charge is 0.480 e. The average Bonchev–Trinajstić information content (AvgIpc) is 2.28. The van der Waals surface area contributed by atoms with Gasteiger partial charge in [0.2, 0.25) is 0 Å². The second-order valence-electron chi connectivity index (χ2n) is 4.28. The fourth-order valence-corrected chi connectivity index (χ4v) is 2.52. The van der Waals surface area contributed by atoms with E-state index in [4.69, 9.17) is 5.11 Å². The Hall–Kier alpha value is -1.51. The molecule has 0 spiro atoms. The summed E-state index contributed by atoms with van der Waals surface area (Å²) in [5.41, 5.74) is 3.65. The van der Waals surface area contributed by atoms with Crippen molar-refractivity contribution in [3.63, 3.8) is 0 Å². The molecule has 0 fully saturated rings. The van der Waals surface area contributed by atoms with Gasteiger partial charge in [0.15, 0.2) is 0 Å². The molecule has 0 saturated heterocycles. The molecule has 86 valence electrons. The van der Waals surface area contributed by atoms with Crippen LogP contribution >= 0.6 is 0 Å². The summed E-state index contributed by atoms with van der Waals surface area (Å²) in [4.78, 5) is 13.0. The first-order valence-corrected chi connectivity index (χ1v) is 5.71. The van der Waals surface area contributed by atoms with Crippen LogP contribution in [-0.2, 0) is 17.6 Å². The average molecular weight is 219 g/mol. The summed E-state index contributed by atoms with van der Waals surface area (Å²) >= 11 is 0. The van der Waals surface area contributed by atoms with Gasteiger partial charge in [-0.3, -0.25) is 0 Å². The molecule has 1 aromatic carbocycles. The first-order chi connectivity index (χ1) is 7.65. The highest BCUT2D eigenvalue weighted by molar-refractivity contribution is 5.80. The Morgan fingerprint density at radius 3 is 2.94 bits per heavy atom. The third kappa shape index (κ3) is 1.66. The van der Waals surface area contributed by atoms with Crippen molar-refractivity contribution in [3.8, 4) is 0 Å². The quantitative estimate of drug-likeness (QED) is 0.828. The molecule has 3 heteroatoms. The minimum absolute atomic E-state index is 0.375. The molecule has 0 amide bonds. The van der Waals surface area contributed by atoms with Gasteiger partial charge in [-0.05, 0) is 30.4 Å². The molecular formula is C13H17NO2. The molecule has 0 aromatic heterocycles. The number of benzene rings is 1. The fourth-order valence-electron chi connectivity index (χ4n) is 2.52. The minimum Gasteiger partial charge on any atom is -0.480 e. The number of carboxylic acid groups (broad SMARTS) is 1. The van der Waals surface area contributed by atoms with E-state index in [0.717, 1.165) is 18.5 Å². The molecule has 3 nitrogen and oxygen atoms in total. The molecule has 0 bridgehead atoms. The summed E-state index contributed by atoms with van der Waals surface area (Å²) in [7, 11) is 1.88. The zero-order valence-corrected chi connectivity index (χ0v) is 9.73. The Labute approximate surface area is 95.7 Å². The highest BCUT2D eigenvalue weighted by Gasteiger charge is 2.29. The van der Waals surface area contributed by atoms with Gasteiger partial charge in [-0.1, -0.05) is 25.1 Å². The van der Waals surface area contributed by atoms with Crippen LogP contribution in [0.3, 0.4) is 0 Å². The number of aliphatic carboxylic acids is 1. The van der Waals surface area contributed by atoms with E-state index in [0.29, 0.717) is 6.42 Å². The van der Waals surface area contributed by atoms with Crippen LogP contribution in [0.25, 0.3) is 0 Å². The number of para-hydroxylation sites is 1. The standard InChI is InChI=1S/C13H17NO2/c1-3-9-5-4-6-10-7-8-11(13(15)16)14(2)12(9)10/h4-6,11H,3,7-8H2,1-2H3,(H,15,16). The van der Waals surface area contributed by atoms with Crippen molar-refractivity contribution in [2.24, 2.45) is 0 Å². The van der Waals surface area contributed by atoms with Gasteiger partial charge in [-0.2, -0.15) is 0 Å². The number of carboxylic acids is 1. The number of aryl methyl sites for hydroxylation is 2. The number of rotatable bonds is 2. The van der Waals surface area contributed by atoms with E-state index in [2.05, 4.69) is 25.1 Å². The Morgan fingerprint density at radius 1 is 1.56 bits per heavy atom. The van der Waals surface area contributed by atoms with Crippen LogP contribution in [0.1, 0.15) is 24.5 Å². The van der Waals surface area contributed by atoms with Crippen molar-refractivity contribution in [3.05, 3.63) is 29.3 Å². The number of carbonyl (C=O) groups is 1. The lowest BCUT2D eigenvalue weighted by Gasteiger charge is -2.35. The van der Waals surface area contributed by atoms with Gasteiger partial charge in [0.1, 0.15) is 6.04 Å². The zero-order chi connectivity index (χ0) is 11.7. The van der Waals surface area contributed by atoms with Crippen LogP contribution < -0.4 is 4.90 Å². The number of hydrogen-bond donors (Lipinski definition) is 1. The van der Waals surface area contributed by atoms with Crippen LogP contribution in [-0.4, -0.2) is 24.2 Å². The van der Waals surface area contributed by atoms with E-state index in [-0.39, 0.29) is 6.04 Å². The normalized spacial score (nSPS) is 19.4. The second kappa shape index (κ2) is 4.16. The molecule has 1 aliphatic heterocycles. The van der Waals surface area contributed by atoms with Crippen molar-refractivity contribution in [1.82, 2.24) is 0 Å².